The molecule has 0 aliphatic carbocycles. The molecule has 1 atom stereocenters. The first-order chi connectivity index (χ1) is 9.92. The summed E-state index contributed by atoms with van der Waals surface area (Å²) in [5, 5.41) is 11.7. The molecule has 5 heteroatoms. The normalized spacial score (nSPS) is 11.8. The highest BCUT2D eigenvalue weighted by molar-refractivity contribution is 5.81. The van der Waals surface area contributed by atoms with Gasteiger partial charge in [-0.25, -0.2) is 0 Å². The highest BCUT2D eigenvalue weighted by atomic mass is 16.4. The monoisotopic (exact) mass is 292 g/mol. The van der Waals surface area contributed by atoms with E-state index < -0.39 is 5.97 Å². The molecule has 0 spiro atoms. The Balaban J connectivity index is 2.74. The number of amides is 1. The van der Waals surface area contributed by atoms with Crippen molar-refractivity contribution < 1.29 is 14.7 Å². The van der Waals surface area contributed by atoms with Crippen molar-refractivity contribution in [1.82, 2.24) is 5.32 Å². The number of nitrogens with one attached hydrogen (secondary N) is 1. The van der Waals surface area contributed by atoms with Gasteiger partial charge in [-0.15, -0.1) is 0 Å². The predicted octanol–water partition coefficient (Wildman–Crippen LogP) is 2.19. The van der Waals surface area contributed by atoms with E-state index in [9.17, 15) is 9.59 Å². The van der Waals surface area contributed by atoms with Crippen LogP contribution in [0.2, 0.25) is 0 Å². The third-order valence-electron chi connectivity index (χ3n) is 3.35. The largest absolute Gasteiger partial charge is 0.481 e. The van der Waals surface area contributed by atoms with Gasteiger partial charge in [-0.2, -0.15) is 0 Å². The Kier molecular flexibility index (Phi) is 6.72. The number of carbonyl (C=O) groups is 2. The van der Waals surface area contributed by atoms with Gasteiger partial charge in [0.05, 0.1) is 13.0 Å². The number of aliphatic carboxylic acids is 1. The smallest absolute Gasteiger partial charge is 0.305 e. The van der Waals surface area contributed by atoms with E-state index >= 15 is 0 Å². The maximum Gasteiger partial charge on any atom is 0.305 e. The van der Waals surface area contributed by atoms with E-state index in [1.165, 1.54) is 0 Å². The second-order valence-electron chi connectivity index (χ2n) is 5.28. The highest BCUT2D eigenvalue weighted by Gasteiger charge is 2.14. The molecule has 1 rings (SSSR count). The second kappa shape index (κ2) is 8.29. The fraction of sp³-hybridized carbons (Fsp3) is 0.500. The molecule has 0 aromatic heterocycles. The minimum Gasteiger partial charge on any atom is -0.481 e. The first kappa shape index (κ1) is 17.0. The second-order valence-corrected chi connectivity index (χ2v) is 5.28. The van der Waals surface area contributed by atoms with Crippen molar-refractivity contribution in [2.75, 3.05) is 18.0 Å². The summed E-state index contributed by atoms with van der Waals surface area (Å²) >= 11 is 0. The van der Waals surface area contributed by atoms with Crippen LogP contribution in [0.5, 0.6) is 0 Å². The standard InChI is InChI=1S/C16H24N2O3/c1-4-13(3)17-15(19)11-18(10-9-16(20)21)14-7-5-12(2)6-8-14/h5-8,13H,4,9-11H2,1-3H3,(H,17,19)(H,20,21). The van der Waals surface area contributed by atoms with Crippen LogP contribution < -0.4 is 10.2 Å². The van der Waals surface area contributed by atoms with Crippen LogP contribution in [0.1, 0.15) is 32.3 Å². The molecule has 21 heavy (non-hydrogen) atoms. The van der Waals surface area contributed by atoms with Crippen LogP contribution in [0.15, 0.2) is 24.3 Å². The van der Waals surface area contributed by atoms with Gasteiger partial charge in [0.15, 0.2) is 0 Å². The van der Waals surface area contributed by atoms with E-state index in [2.05, 4.69) is 5.32 Å². The molecule has 116 valence electrons. The third kappa shape index (κ3) is 6.29. The number of nitrogens with zero attached hydrogens (tertiary/aromatic N) is 1. The van der Waals surface area contributed by atoms with Crippen LogP contribution in [-0.4, -0.2) is 36.1 Å². The number of carboxylic acids is 1. The Hall–Kier alpha value is -2.04. The maximum absolute atomic E-state index is 12.0. The van der Waals surface area contributed by atoms with E-state index in [0.29, 0.717) is 6.54 Å². The molecule has 0 fully saturated rings. The molecule has 0 saturated carbocycles. The van der Waals surface area contributed by atoms with Gasteiger partial charge in [0, 0.05) is 18.3 Å². The van der Waals surface area contributed by atoms with Crippen LogP contribution in [0.3, 0.4) is 0 Å². The highest BCUT2D eigenvalue weighted by Crippen LogP contribution is 2.15. The molecule has 0 aliphatic rings. The lowest BCUT2D eigenvalue weighted by Crippen LogP contribution is -2.41. The number of rotatable bonds is 8. The van der Waals surface area contributed by atoms with Gasteiger partial charge in [0.2, 0.25) is 5.91 Å². The Morgan fingerprint density at radius 3 is 2.43 bits per heavy atom. The van der Waals surface area contributed by atoms with Crippen LogP contribution in [0.4, 0.5) is 5.69 Å². The number of carboxylic acid groups (broad SMARTS) is 1. The molecule has 1 aromatic rings. The van der Waals surface area contributed by atoms with E-state index in [-0.39, 0.29) is 24.9 Å². The summed E-state index contributed by atoms with van der Waals surface area (Å²) in [6.45, 7) is 6.42. The van der Waals surface area contributed by atoms with Crippen molar-refractivity contribution in [2.24, 2.45) is 0 Å². The predicted molar refractivity (Wildman–Crippen MR) is 83.5 cm³/mol. The van der Waals surface area contributed by atoms with Crippen LogP contribution in [0, 0.1) is 6.92 Å². The Morgan fingerprint density at radius 1 is 1.29 bits per heavy atom. The Bertz CT molecular complexity index is 471. The molecular formula is C16H24N2O3. The first-order valence-corrected chi connectivity index (χ1v) is 7.25. The third-order valence-corrected chi connectivity index (χ3v) is 3.35. The van der Waals surface area contributed by atoms with Gasteiger partial charge in [-0.3, -0.25) is 9.59 Å². The van der Waals surface area contributed by atoms with Crippen LogP contribution in [-0.2, 0) is 9.59 Å². The minimum absolute atomic E-state index is 0.00445. The van der Waals surface area contributed by atoms with Crippen LogP contribution in [0.25, 0.3) is 0 Å². The quantitative estimate of drug-likeness (QED) is 0.770. The Morgan fingerprint density at radius 2 is 1.90 bits per heavy atom. The van der Waals surface area contributed by atoms with Gasteiger partial charge < -0.3 is 15.3 Å². The molecular weight excluding hydrogens is 268 g/mol. The summed E-state index contributed by atoms with van der Waals surface area (Å²) in [6.07, 6.45) is 0.871. The average molecular weight is 292 g/mol. The summed E-state index contributed by atoms with van der Waals surface area (Å²) in [7, 11) is 0. The van der Waals surface area contributed by atoms with Gasteiger partial charge in [-0.05, 0) is 32.4 Å². The van der Waals surface area contributed by atoms with E-state index in [1.54, 1.807) is 4.90 Å². The summed E-state index contributed by atoms with van der Waals surface area (Å²) in [4.78, 5) is 24.6. The summed E-state index contributed by atoms with van der Waals surface area (Å²) in [5.74, 6) is -0.954. The first-order valence-electron chi connectivity index (χ1n) is 7.25. The summed E-state index contributed by atoms with van der Waals surface area (Å²) in [6, 6.07) is 7.85. The van der Waals surface area contributed by atoms with E-state index in [1.807, 2.05) is 45.0 Å². The maximum atomic E-state index is 12.0. The van der Waals surface area contributed by atoms with Crippen molar-refractivity contribution in [1.29, 1.82) is 0 Å². The lowest BCUT2D eigenvalue weighted by molar-refractivity contribution is -0.136. The van der Waals surface area contributed by atoms with Gasteiger partial charge in [-0.1, -0.05) is 24.6 Å². The zero-order valence-electron chi connectivity index (χ0n) is 12.9. The SMILES string of the molecule is CCC(C)NC(=O)CN(CCC(=O)O)c1ccc(C)cc1. The number of benzene rings is 1. The molecule has 1 aromatic carbocycles. The molecule has 0 saturated heterocycles. The van der Waals surface area contributed by atoms with Crippen molar-refractivity contribution in [3.63, 3.8) is 0 Å². The molecule has 1 unspecified atom stereocenters. The van der Waals surface area contributed by atoms with Crippen molar-refractivity contribution in [3.05, 3.63) is 29.8 Å². The molecule has 0 heterocycles. The summed E-state index contributed by atoms with van der Waals surface area (Å²) in [5.41, 5.74) is 1.99. The zero-order valence-corrected chi connectivity index (χ0v) is 12.9. The average Bonchev–Trinajstić information content (AvgIpc) is 2.44. The molecule has 0 bridgehead atoms. The van der Waals surface area contributed by atoms with Crippen molar-refractivity contribution in [3.8, 4) is 0 Å². The zero-order chi connectivity index (χ0) is 15.8. The number of hydrogen-bond acceptors (Lipinski definition) is 3. The molecule has 0 aliphatic heterocycles. The number of carbonyl (C=O) groups excluding carboxylic acids is 1. The number of hydrogen-bond donors (Lipinski definition) is 2. The fourth-order valence-electron chi connectivity index (χ4n) is 1.88. The Labute approximate surface area is 126 Å². The molecule has 0 radical (unpaired) electrons. The fourth-order valence-corrected chi connectivity index (χ4v) is 1.88. The minimum atomic E-state index is -0.866. The topological polar surface area (TPSA) is 69.6 Å². The molecule has 2 N–H and O–H groups in total. The van der Waals surface area contributed by atoms with Gasteiger partial charge in [0.25, 0.3) is 0 Å². The van der Waals surface area contributed by atoms with E-state index in [4.69, 9.17) is 5.11 Å². The van der Waals surface area contributed by atoms with Crippen LogP contribution >= 0.6 is 0 Å². The number of aryl methyl sites for hydroxylation is 1. The van der Waals surface area contributed by atoms with Crippen molar-refractivity contribution in [2.45, 2.75) is 39.7 Å². The molecule has 1 amide bonds. The van der Waals surface area contributed by atoms with E-state index in [0.717, 1.165) is 17.7 Å². The van der Waals surface area contributed by atoms with Crippen molar-refractivity contribution >= 4 is 17.6 Å². The van der Waals surface area contributed by atoms with Gasteiger partial charge in [0.1, 0.15) is 0 Å². The number of anilines is 1. The summed E-state index contributed by atoms with van der Waals surface area (Å²) < 4.78 is 0. The lowest BCUT2D eigenvalue weighted by atomic mass is 10.2. The lowest BCUT2D eigenvalue weighted by Gasteiger charge is -2.24. The molecule has 5 nitrogen and oxygen atoms in total. The van der Waals surface area contributed by atoms with Gasteiger partial charge >= 0.3 is 5.97 Å².